The van der Waals surface area contributed by atoms with Crippen LogP contribution in [0.5, 0.6) is 0 Å². The average Bonchev–Trinajstić information content (AvgIpc) is 3.07. The van der Waals surface area contributed by atoms with E-state index >= 15 is 0 Å². The lowest BCUT2D eigenvalue weighted by molar-refractivity contribution is -0.117. The third-order valence-corrected chi connectivity index (χ3v) is 5.33. The van der Waals surface area contributed by atoms with Gasteiger partial charge in [-0.2, -0.15) is 5.10 Å². The number of benzene rings is 1. The van der Waals surface area contributed by atoms with E-state index in [9.17, 15) is 9.59 Å². The van der Waals surface area contributed by atoms with Gasteiger partial charge in [-0.15, -0.1) is 23.1 Å². The van der Waals surface area contributed by atoms with Gasteiger partial charge >= 0.3 is 0 Å². The Morgan fingerprint density at radius 2 is 1.88 bits per heavy atom. The summed E-state index contributed by atoms with van der Waals surface area (Å²) in [4.78, 5) is 24.6. The fourth-order valence-corrected chi connectivity index (χ4v) is 3.47. The first-order chi connectivity index (χ1) is 12.0. The molecular weight excluding hydrogens is 354 g/mol. The topological polar surface area (TPSA) is 70.6 Å². The van der Waals surface area contributed by atoms with E-state index in [0.717, 1.165) is 9.77 Å². The van der Waals surface area contributed by atoms with Crippen molar-refractivity contribution in [3.8, 4) is 0 Å². The lowest BCUT2D eigenvalue weighted by atomic mass is 10.2. The molecule has 0 aliphatic carbocycles. The highest BCUT2D eigenvalue weighted by molar-refractivity contribution is 8.00. The summed E-state index contributed by atoms with van der Waals surface area (Å²) in [5.41, 5.74) is 4.79. The van der Waals surface area contributed by atoms with Gasteiger partial charge in [-0.1, -0.05) is 18.2 Å². The second-order valence-electron chi connectivity index (χ2n) is 5.26. The second kappa shape index (κ2) is 9.19. The van der Waals surface area contributed by atoms with Gasteiger partial charge in [0.15, 0.2) is 0 Å². The van der Waals surface area contributed by atoms with Gasteiger partial charge in [-0.05, 0) is 49.3 Å². The summed E-state index contributed by atoms with van der Waals surface area (Å²) in [6.45, 7) is 3.52. The van der Waals surface area contributed by atoms with Crippen molar-refractivity contribution in [3.05, 3.63) is 64.2 Å². The molecule has 2 N–H and O–H groups in total. The minimum atomic E-state index is -0.457. The first kappa shape index (κ1) is 19.0. The monoisotopic (exact) mass is 373 g/mol. The van der Waals surface area contributed by atoms with Crippen LogP contribution in [0.15, 0.2) is 62.4 Å². The van der Waals surface area contributed by atoms with Crippen molar-refractivity contribution < 1.29 is 9.59 Å². The number of nitrogens with zero attached hydrogens (tertiary/aromatic N) is 1. The van der Waals surface area contributed by atoms with Gasteiger partial charge in [0.1, 0.15) is 5.70 Å². The van der Waals surface area contributed by atoms with Crippen LogP contribution in [-0.2, 0) is 4.79 Å². The smallest absolute Gasteiger partial charge is 0.287 e. The summed E-state index contributed by atoms with van der Waals surface area (Å²) in [6, 6.07) is 10.7. The zero-order valence-electron chi connectivity index (χ0n) is 14.2. The third kappa shape index (κ3) is 5.30. The molecule has 0 atom stereocenters. The van der Waals surface area contributed by atoms with Crippen molar-refractivity contribution in [2.24, 2.45) is 5.10 Å². The first-order valence-electron chi connectivity index (χ1n) is 7.51. The van der Waals surface area contributed by atoms with Crippen molar-refractivity contribution in [3.63, 3.8) is 0 Å². The van der Waals surface area contributed by atoms with Crippen molar-refractivity contribution >= 4 is 41.1 Å². The SMILES string of the molecule is CSc1sccc1/C=N\NC(=O)C(NC(=O)c1ccccc1)=C(C)C. The molecule has 1 aromatic carbocycles. The summed E-state index contributed by atoms with van der Waals surface area (Å²) < 4.78 is 1.12. The molecule has 0 bridgehead atoms. The van der Waals surface area contributed by atoms with Gasteiger partial charge in [0.25, 0.3) is 11.8 Å². The number of carbonyl (C=O) groups excluding carboxylic acids is 2. The van der Waals surface area contributed by atoms with Gasteiger partial charge in [0.05, 0.1) is 10.4 Å². The molecule has 1 aromatic heterocycles. The average molecular weight is 374 g/mol. The summed E-state index contributed by atoms with van der Waals surface area (Å²) >= 11 is 3.24. The molecule has 25 heavy (non-hydrogen) atoms. The summed E-state index contributed by atoms with van der Waals surface area (Å²) in [6.07, 6.45) is 3.59. The van der Waals surface area contributed by atoms with Crippen molar-refractivity contribution in [1.29, 1.82) is 0 Å². The van der Waals surface area contributed by atoms with Crippen molar-refractivity contribution in [1.82, 2.24) is 10.7 Å². The first-order valence-corrected chi connectivity index (χ1v) is 9.62. The van der Waals surface area contributed by atoms with Crippen molar-refractivity contribution in [2.75, 3.05) is 6.26 Å². The zero-order valence-corrected chi connectivity index (χ0v) is 15.8. The predicted octanol–water partition coefficient (Wildman–Crippen LogP) is 3.64. The van der Waals surface area contributed by atoms with Gasteiger partial charge < -0.3 is 5.32 Å². The van der Waals surface area contributed by atoms with Crippen LogP contribution in [0.3, 0.4) is 0 Å². The van der Waals surface area contributed by atoms with E-state index in [0.29, 0.717) is 11.1 Å². The predicted molar refractivity (Wildman–Crippen MR) is 104 cm³/mol. The molecule has 0 aliphatic rings. The fourth-order valence-electron chi connectivity index (χ4n) is 1.97. The molecule has 2 amide bonds. The number of thioether (sulfide) groups is 1. The normalized spacial score (nSPS) is 10.5. The van der Waals surface area contributed by atoms with Gasteiger partial charge in [0.2, 0.25) is 0 Å². The maximum absolute atomic E-state index is 12.3. The maximum Gasteiger partial charge on any atom is 0.287 e. The van der Waals surface area contributed by atoms with Crippen LogP contribution in [0.1, 0.15) is 29.8 Å². The second-order valence-corrected chi connectivity index (χ2v) is 7.25. The molecule has 0 saturated carbocycles. The number of hydrogen-bond donors (Lipinski definition) is 2. The summed E-state index contributed by atoms with van der Waals surface area (Å²) in [7, 11) is 0. The zero-order chi connectivity index (χ0) is 18.2. The molecule has 0 radical (unpaired) electrons. The van der Waals surface area contributed by atoms with Crippen LogP contribution < -0.4 is 10.7 Å². The van der Waals surface area contributed by atoms with E-state index in [-0.39, 0.29) is 11.6 Å². The summed E-state index contributed by atoms with van der Waals surface area (Å²) in [5, 5.41) is 8.61. The van der Waals surface area contributed by atoms with E-state index in [2.05, 4.69) is 15.8 Å². The van der Waals surface area contributed by atoms with Crippen LogP contribution in [0.25, 0.3) is 0 Å². The van der Waals surface area contributed by atoms with E-state index < -0.39 is 5.91 Å². The largest absolute Gasteiger partial charge is 0.317 e. The lowest BCUT2D eigenvalue weighted by Crippen LogP contribution is -2.33. The quantitative estimate of drug-likeness (QED) is 0.351. The standard InChI is InChI=1S/C18H19N3O2S2/c1-12(2)15(20-16(22)13-7-5-4-6-8-13)17(23)21-19-11-14-9-10-25-18(14)24-3/h4-11H,1-3H3,(H,20,22)(H,21,23)/b19-11-. The Balaban J connectivity index is 2.04. The van der Waals surface area contributed by atoms with Crippen LogP contribution in [0, 0.1) is 0 Å². The van der Waals surface area contributed by atoms with Gasteiger partial charge in [-0.3, -0.25) is 9.59 Å². The van der Waals surface area contributed by atoms with Crippen LogP contribution in [-0.4, -0.2) is 24.3 Å². The highest BCUT2D eigenvalue weighted by Crippen LogP contribution is 2.25. The number of nitrogens with one attached hydrogen (secondary N) is 2. The maximum atomic E-state index is 12.3. The number of rotatable bonds is 6. The molecule has 1 heterocycles. The number of thiophene rings is 1. The molecule has 0 spiro atoms. The molecule has 0 fully saturated rings. The Labute approximate surface area is 155 Å². The van der Waals surface area contributed by atoms with Crippen LogP contribution in [0.4, 0.5) is 0 Å². The lowest BCUT2D eigenvalue weighted by Gasteiger charge is -2.10. The molecule has 0 unspecified atom stereocenters. The molecule has 130 valence electrons. The Kier molecular flexibility index (Phi) is 6.97. The molecule has 0 saturated heterocycles. The Bertz CT molecular complexity index is 807. The van der Waals surface area contributed by atoms with Crippen molar-refractivity contribution in [2.45, 2.75) is 18.1 Å². The Morgan fingerprint density at radius 3 is 2.52 bits per heavy atom. The number of hydrogen-bond acceptors (Lipinski definition) is 5. The fraction of sp³-hybridized carbons (Fsp3) is 0.167. The number of carbonyl (C=O) groups is 2. The molecule has 2 rings (SSSR count). The molecular formula is C18H19N3O2S2. The van der Waals surface area contributed by atoms with Crippen LogP contribution in [0.2, 0.25) is 0 Å². The van der Waals surface area contributed by atoms with Gasteiger partial charge in [-0.25, -0.2) is 5.43 Å². The number of amides is 2. The Hall–Kier alpha value is -2.38. The van der Waals surface area contributed by atoms with E-state index in [1.165, 1.54) is 0 Å². The minimum absolute atomic E-state index is 0.196. The highest BCUT2D eigenvalue weighted by atomic mass is 32.2. The third-order valence-electron chi connectivity index (χ3n) is 3.22. The van der Waals surface area contributed by atoms with Crippen LogP contribution >= 0.6 is 23.1 Å². The van der Waals surface area contributed by atoms with E-state index in [1.807, 2.05) is 23.8 Å². The molecule has 5 nitrogen and oxygen atoms in total. The van der Waals surface area contributed by atoms with Gasteiger partial charge in [0, 0.05) is 11.1 Å². The minimum Gasteiger partial charge on any atom is -0.317 e. The van der Waals surface area contributed by atoms with E-state index in [1.54, 1.807) is 67.4 Å². The Morgan fingerprint density at radius 1 is 1.16 bits per heavy atom. The summed E-state index contributed by atoms with van der Waals surface area (Å²) in [5.74, 6) is -0.792. The molecule has 7 heteroatoms. The van der Waals surface area contributed by atoms with E-state index in [4.69, 9.17) is 0 Å². The molecule has 0 aliphatic heterocycles. The molecule has 2 aromatic rings. The number of allylic oxidation sites excluding steroid dienone is 1. The number of hydrazone groups is 1. The highest BCUT2D eigenvalue weighted by Gasteiger charge is 2.15.